The van der Waals surface area contributed by atoms with E-state index < -0.39 is 10.0 Å². The fourth-order valence-corrected chi connectivity index (χ4v) is 5.70. The summed E-state index contributed by atoms with van der Waals surface area (Å²) in [5.74, 6) is 1.23. The van der Waals surface area contributed by atoms with Gasteiger partial charge in [-0.15, -0.1) is 0 Å². The second-order valence-electron chi connectivity index (χ2n) is 7.97. The molecule has 5 rings (SSSR count). The van der Waals surface area contributed by atoms with Crippen LogP contribution in [0.15, 0.2) is 89.8 Å². The van der Waals surface area contributed by atoms with E-state index in [1.54, 1.807) is 37.4 Å². The third kappa shape index (κ3) is 3.68. The van der Waals surface area contributed by atoms with Crippen LogP contribution in [0.25, 0.3) is 0 Å². The lowest BCUT2D eigenvalue weighted by Crippen LogP contribution is -2.29. The first-order chi connectivity index (χ1) is 15.0. The van der Waals surface area contributed by atoms with Gasteiger partial charge < -0.3 is 10.1 Å². The first-order valence-corrected chi connectivity index (χ1v) is 11.8. The minimum Gasteiger partial charge on any atom is -0.497 e. The Hall–Kier alpha value is -3.25. The summed E-state index contributed by atoms with van der Waals surface area (Å²) in [5.41, 5.74) is 3.78. The predicted molar refractivity (Wildman–Crippen MR) is 123 cm³/mol. The molecule has 3 atom stereocenters. The van der Waals surface area contributed by atoms with Gasteiger partial charge in [0.1, 0.15) is 5.75 Å². The molecule has 2 N–H and O–H groups in total. The van der Waals surface area contributed by atoms with E-state index in [-0.39, 0.29) is 16.9 Å². The highest BCUT2D eigenvalue weighted by Gasteiger charge is 2.38. The Kier molecular flexibility index (Phi) is 4.94. The number of sulfonamides is 1. The summed E-state index contributed by atoms with van der Waals surface area (Å²) in [4.78, 5) is 0.265. The lowest BCUT2D eigenvalue weighted by atomic mass is 9.77. The van der Waals surface area contributed by atoms with Crippen molar-refractivity contribution in [3.63, 3.8) is 0 Å². The van der Waals surface area contributed by atoms with Crippen LogP contribution in [0.3, 0.4) is 0 Å². The van der Waals surface area contributed by atoms with Crippen molar-refractivity contribution in [1.82, 2.24) is 0 Å². The fraction of sp³-hybridized carbons (Fsp3) is 0.200. The van der Waals surface area contributed by atoms with Gasteiger partial charge in [-0.1, -0.05) is 42.5 Å². The molecule has 0 saturated heterocycles. The fourth-order valence-electron chi connectivity index (χ4n) is 4.60. The van der Waals surface area contributed by atoms with Gasteiger partial charge in [0.25, 0.3) is 10.0 Å². The van der Waals surface area contributed by atoms with Crippen LogP contribution >= 0.6 is 0 Å². The van der Waals surface area contributed by atoms with Crippen LogP contribution in [0.5, 0.6) is 5.75 Å². The first kappa shape index (κ1) is 19.7. The van der Waals surface area contributed by atoms with Gasteiger partial charge >= 0.3 is 0 Å². The van der Waals surface area contributed by atoms with Crippen LogP contribution in [0, 0.1) is 5.92 Å². The summed E-state index contributed by atoms with van der Waals surface area (Å²) >= 11 is 0. The number of hydrogen-bond acceptors (Lipinski definition) is 4. The number of anilines is 2. The zero-order valence-corrected chi connectivity index (χ0v) is 18.0. The zero-order chi connectivity index (χ0) is 21.4. The monoisotopic (exact) mass is 432 g/mol. The lowest BCUT2D eigenvalue weighted by Gasteiger charge is -2.37. The minimum absolute atomic E-state index is 0.192. The number of benzene rings is 3. The van der Waals surface area contributed by atoms with Crippen LogP contribution < -0.4 is 14.8 Å². The summed E-state index contributed by atoms with van der Waals surface area (Å²) in [6.45, 7) is 0. The molecule has 0 fully saturated rings. The van der Waals surface area contributed by atoms with Gasteiger partial charge in [0.15, 0.2) is 0 Å². The van der Waals surface area contributed by atoms with Crippen molar-refractivity contribution in [3.8, 4) is 5.75 Å². The normalized spacial score (nSPS) is 21.6. The van der Waals surface area contributed by atoms with E-state index in [0.29, 0.717) is 17.4 Å². The Morgan fingerprint density at radius 2 is 1.77 bits per heavy atom. The predicted octanol–water partition coefficient (Wildman–Crippen LogP) is 5.32. The maximum Gasteiger partial charge on any atom is 0.261 e. The zero-order valence-electron chi connectivity index (χ0n) is 17.2. The van der Waals surface area contributed by atoms with Crippen LogP contribution in [0.2, 0.25) is 0 Å². The van der Waals surface area contributed by atoms with E-state index in [1.165, 1.54) is 5.56 Å². The van der Waals surface area contributed by atoms with E-state index in [9.17, 15) is 8.42 Å². The second kappa shape index (κ2) is 7.78. The molecule has 1 aliphatic carbocycles. The first-order valence-electron chi connectivity index (χ1n) is 10.3. The van der Waals surface area contributed by atoms with Crippen molar-refractivity contribution >= 4 is 21.4 Å². The van der Waals surface area contributed by atoms with E-state index >= 15 is 0 Å². The molecule has 6 heteroatoms. The molecule has 31 heavy (non-hydrogen) atoms. The molecule has 2 aliphatic rings. The third-order valence-electron chi connectivity index (χ3n) is 6.15. The number of nitrogens with one attached hydrogen (secondary N) is 2. The van der Waals surface area contributed by atoms with E-state index in [1.807, 2.05) is 18.2 Å². The van der Waals surface area contributed by atoms with Gasteiger partial charge in [0.2, 0.25) is 0 Å². The molecule has 0 aromatic heterocycles. The third-order valence-corrected chi connectivity index (χ3v) is 7.52. The summed E-state index contributed by atoms with van der Waals surface area (Å²) in [5, 5.41) is 3.66. The number of ether oxygens (including phenoxy) is 1. The molecule has 0 saturated carbocycles. The maximum atomic E-state index is 13.0. The Morgan fingerprint density at radius 1 is 1.00 bits per heavy atom. The topological polar surface area (TPSA) is 67.4 Å². The standard InChI is InChI=1S/C25H24N2O3S/c1-30-19-12-10-18(11-13-19)27-31(28,29)20-14-15-24-23(16-20)21-8-5-9-22(21)25(26-24)17-6-3-2-4-7-17/h2-8,10-16,21-22,25-27H,9H2,1H3/t21-,22+,25+/m0/s1. The summed E-state index contributed by atoms with van der Waals surface area (Å²) < 4.78 is 33.9. The molecule has 0 unspecified atom stereocenters. The molecule has 0 bridgehead atoms. The molecule has 3 aromatic carbocycles. The molecule has 3 aromatic rings. The number of methoxy groups -OCH3 is 1. The Bertz CT molecular complexity index is 1220. The average Bonchev–Trinajstić information content (AvgIpc) is 3.29. The van der Waals surface area contributed by atoms with Crippen molar-refractivity contribution in [1.29, 1.82) is 0 Å². The second-order valence-corrected chi connectivity index (χ2v) is 9.65. The number of fused-ring (bicyclic) bond motifs is 3. The maximum absolute atomic E-state index is 13.0. The van der Waals surface area contributed by atoms with Crippen LogP contribution in [-0.2, 0) is 10.0 Å². The van der Waals surface area contributed by atoms with Gasteiger partial charge in [-0.05, 0) is 65.9 Å². The SMILES string of the molecule is COc1ccc(NS(=O)(=O)c2ccc3c(c2)[C@H]2C=CC[C@H]2[C@@H](c2ccccc2)N3)cc1. The van der Waals surface area contributed by atoms with Gasteiger partial charge in [0.05, 0.1) is 18.0 Å². The number of allylic oxidation sites excluding steroid dienone is 2. The van der Waals surface area contributed by atoms with Crippen LogP contribution in [0.1, 0.15) is 29.5 Å². The van der Waals surface area contributed by atoms with Gasteiger partial charge in [-0.3, -0.25) is 4.72 Å². The van der Waals surface area contributed by atoms with Crippen molar-refractivity contribution < 1.29 is 13.2 Å². The Labute approximate surface area is 182 Å². The quantitative estimate of drug-likeness (QED) is 0.535. The summed E-state index contributed by atoms with van der Waals surface area (Å²) in [6, 6.07) is 22.8. The smallest absolute Gasteiger partial charge is 0.261 e. The number of hydrogen-bond donors (Lipinski definition) is 2. The molecule has 1 heterocycles. The minimum atomic E-state index is -3.70. The Morgan fingerprint density at radius 3 is 2.52 bits per heavy atom. The summed E-state index contributed by atoms with van der Waals surface area (Å²) in [6.07, 6.45) is 5.39. The van der Waals surface area contributed by atoms with Crippen molar-refractivity contribution in [2.45, 2.75) is 23.3 Å². The van der Waals surface area contributed by atoms with E-state index in [0.717, 1.165) is 17.7 Å². The number of rotatable bonds is 5. The van der Waals surface area contributed by atoms with Gasteiger partial charge in [-0.25, -0.2) is 8.42 Å². The molecule has 0 spiro atoms. The van der Waals surface area contributed by atoms with E-state index in [4.69, 9.17) is 4.74 Å². The molecule has 158 valence electrons. The molecule has 0 amide bonds. The highest BCUT2D eigenvalue weighted by molar-refractivity contribution is 7.92. The van der Waals surface area contributed by atoms with Gasteiger partial charge in [-0.2, -0.15) is 0 Å². The molecular formula is C25H24N2O3S. The Balaban J connectivity index is 1.46. The molecule has 5 nitrogen and oxygen atoms in total. The van der Waals surface area contributed by atoms with Crippen LogP contribution in [-0.4, -0.2) is 15.5 Å². The van der Waals surface area contributed by atoms with Crippen molar-refractivity contribution in [3.05, 3.63) is 96.1 Å². The highest BCUT2D eigenvalue weighted by atomic mass is 32.2. The average molecular weight is 433 g/mol. The van der Waals surface area contributed by atoms with Gasteiger partial charge in [0, 0.05) is 17.3 Å². The van der Waals surface area contributed by atoms with Crippen LogP contribution in [0.4, 0.5) is 11.4 Å². The lowest BCUT2D eigenvalue weighted by molar-refractivity contribution is 0.415. The highest BCUT2D eigenvalue weighted by Crippen LogP contribution is 2.50. The summed E-state index contributed by atoms with van der Waals surface area (Å²) in [7, 11) is -2.13. The molecule has 1 aliphatic heterocycles. The molecule has 0 radical (unpaired) electrons. The largest absolute Gasteiger partial charge is 0.497 e. The van der Waals surface area contributed by atoms with Crippen molar-refractivity contribution in [2.24, 2.45) is 5.92 Å². The van der Waals surface area contributed by atoms with Crippen molar-refractivity contribution in [2.75, 3.05) is 17.1 Å². The molecular weight excluding hydrogens is 408 g/mol. The van der Waals surface area contributed by atoms with E-state index in [2.05, 4.69) is 46.5 Å².